The number of ether oxygens (including phenoxy) is 1. The number of nitrogens with zero attached hydrogens (tertiary/aromatic N) is 1. The summed E-state index contributed by atoms with van der Waals surface area (Å²) < 4.78 is 73.4. The Kier molecular flexibility index (Phi) is 6.79. The highest BCUT2D eigenvalue weighted by atomic mass is 32.2. The van der Waals surface area contributed by atoms with E-state index in [4.69, 9.17) is 9.84 Å². The normalized spacial score (nSPS) is 12.1. The Labute approximate surface area is 200 Å². The van der Waals surface area contributed by atoms with E-state index < -0.39 is 21.8 Å². The molecule has 0 atom stereocenters. The number of sulfonamides is 1. The van der Waals surface area contributed by atoms with Crippen LogP contribution in [-0.2, 0) is 16.2 Å². The number of aliphatic hydroxyl groups is 1. The zero-order valence-corrected chi connectivity index (χ0v) is 19.3. The van der Waals surface area contributed by atoms with Gasteiger partial charge >= 0.3 is 6.18 Å². The molecule has 0 bridgehead atoms. The third-order valence-corrected chi connectivity index (χ3v) is 6.73. The molecular weight excluding hydrogens is 481 g/mol. The first kappa shape index (κ1) is 24.6. The Balaban J connectivity index is 1.72. The van der Waals surface area contributed by atoms with Crippen LogP contribution in [0, 0.1) is 6.92 Å². The Bertz CT molecular complexity index is 1490. The van der Waals surface area contributed by atoms with E-state index in [2.05, 4.69) is 9.71 Å². The highest BCUT2D eigenvalue weighted by molar-refractivity contribution is 7.89. The monoisotopic (exact) mass is 502 g/mol. The number of aryl methyl sites for hydroxylation is 1. The smallest absolute Gasteiger partial charge is 0.418 e. The van der Waals surface area contributed by atoms with Crippen LogP contribution >= 0.6 is 0 Å². The maximum absolute atomic E-state index is 13.5. The number of aromatic nitrogens is 1. The van der Waals surface area contributed by atoms with Crippen molar-refractivity contribution in [1.29, 1.82) is 0 Å². The van der Waals surface area contributed by atoms with Gasteiger partial charge in [-0.3, -0.25) is 4.98 Å². The van der Waals surface area contributed by atoms with Gasteiger partial charge in [-0.15, -0.1) is 0 Å². The lowest BCUT2D eigenvalue weighted by atomic mass is 9.95. The van der Waals surface area contributed by atoms with E-state index in [9.17, 15) is 21.6 Å². The molecule has 0 unspecified atom stereocenters. The number of pyridine rings is 1. The molecule has 35 heavy (non-hydrogen) atoms. The van der Waals surface area contributed by atoms with E-state index >= 15 is 0 Å². The van der Waals surface area contributed by atoms with E-state index in [-0.39, 0.29) is 29.3 Å². The lowest BCUT2D eigenvalue weighted by Gasteiger charge is -2.15. The minimum absolute atomic E-state index is 0.0322. The predicted octanol–water partition coefficient (Wildman–Crippen LogP) is 5.29. The molecule has 0 radical (unpaired) electrons. The van der Waals surface area contributed by atoms with Gasteiger partial charge in [0.15, 0.2) is 0 Å². The van der Waals surface area contributed by atoms with Gasteiger partial charge in [-0.25, -0.2) is 13.1 Å². The number of hydrogen-bond donors (Lipinski definition) is 2. The number of nitrogens with one attached hydrogen (secondary N) is 1. The molecule has 6 nitrogen and oxygen atoms in total. The lowest BCUT2D eigenvalue weighted by molar-refractivity contribution is -0.136. The minimum Gasteiger partial charge on any atom is -0.457 e. The van der Waals surface area contributed by atoms with Gasteiger partial charge in [0.25, 0.3) is 0 Å². The number of aliphatic hydroxyl groups excluding tert-OH is 1. The molecular formula is C25H21F3N2O4S. The van der Waals surface area contributed by atoms with E-state index in [1.807, 2.05) is 0 Å². The third-order valence-electron chi connectivity index (χ3n) is 5.27. The number of benzene rings is 3. The second-order valence-electron chi connectivity index (χ2n) is 7.74. The first-order chi connectivity index (χ1) is 16.6. The fraction of sp³-hybridized carbons (Fsp3) is 0.160. The fourth-order valence-electron chi connectivity index (χ4n) is 3.75. The predicted molar refractivity (Wildman–Crippen MR) is 126 cm³/mol. The van der Waals surface area contributed by atoms with E-state index in [1.54, 1.807) is 43.3 Å². The molecule has 2 N–H and O–H groups in total. The second-order valence-corrected chi connectivity index (χ2v) is 9.51. The summed E-state index contributed by atoms with van der Waals surface area (Å²) >= 11 is 0. The van der Waals surface area contributed by atoms with Gasteiger partial charge in [0.05, 0.1) is 22.6 Å². The molecule has 0 aliphatic rings. The Hall–Kier alpha value is -3.47. The van der Waals surface area contributed by atoms with Gasteiger partial charge in [-0.05, 0) is 53.9 Å². The molecule has 182 valence electrons. The first-order valence-corrected chi connectivity index (χ1v) is 12.0. The van der Waals surface area contributed by atoms with Crippen molar-refractivity contribution in [3.8, 4) is 22.6 Å². The zero-order chi connectivity index (χ0) is 25.2. The topological polar surface area (TPSA) is 88.5 Å². The largest absolute Gasteiger partial charge is 0.457 e. The molecule has 4 aromatic rings. The Morgan fingerprint density at radius 1 is 1.00 bits per heavy atom. The summed E-state index contributed by atoms with van der Waals surface area (Å²) in [6.07, 6.45) is -3.13. The molecule has 0 fully saturated rings. The van der Waals surface area contributed by atoms with E-state index in [0.29, 0.717) is 27.8 Å². The van der Waals surface area contributed by atoms with Crippen LogP contribution in [0.15, 0.2) is 77.8 Å². The van der Waals surface area contributed by atoms with Gasteiger partial charge in [0.2, 0.25) is 10.0 Å². The van der Waals surface area contributed by atoms with Crippen LogP contribution in [0.25, 0.3) is 22.0 Å². The summed E-state index contributed by atoms with van der Waals surface area (Å²) in [7, 11) is -3.82. The van der Waals surface area contributed by atoms with Crippen molar-refractivity contribution in [3.63, 3.8) is 0 Å². The number of para-hydroxylation sites is 1. The van der Waals surface area contributed by atoms with Crippen LogP contribution < -0.4 is 9.46 Å². The second kappa shape index (κ2) is 9.65. The number of rotatable bonds is 7. The molecule has 3 aromatic carbocycles. The molecule has 1 heterocycles. The molecule has 0 saturated heterocycles. The quantitative estimate of drug-likeness (QED) is 0.359. The summed E-state index contributed by atoms with van der Waals surface area (Å²) in [5.74, 6) is 0.626. The Morgan fingerprint density at radius 2 is 1.69 bits per heavy atom. The van der Waals surface area contributed by atoms with Gasteiger partial charge in [-0.1, -0.05) is 30.3 Å². The van der Waals surface area contributed by atoms with Crippen molar-refractivity contribution in [1.82, 2.24) is 9.71 Å². The maximum atomic E-state index is 13.5. The van der Waals surface area contributed by atoms with Crippen molar-refractivity contribution in [2.75, 3.05) is 13.2 Å². The van der Waals surface area contributed by atoms with Crippen molar-refractivity contribution in [3.05, 3.63) is 84.1 Å². The molecule has 0 saturated carbocycles. The number of hydrogen-bond acceptors (Lipinski definition) is 5. The SMILES string of the molecule is Cc1cnc2c(C(F)(F)F)cccc2c1-c1cccc(Oc2cccc(S(=O)(=O)NCCO)c2)c1. The zero-order valence-electron chi connectivity index (χ0n) is 18.5. The standard InChI is InChI=1S/C25H21F3N2O4S/c1-16-15-29-24-21(9-4-10-22(24)25(26,27)28)23(16)17-5-2-6-18(13-17)34-19-7-3-8-20(14-19)35(32,33)30-11-12-31/h2-10,13-15,30-31H,11-12H2,1H3. The number of halogens is 3. The summed E-state index contributed by atoms with van der Waals surface area (Å²) in [6, 6.07) is 16.6. The van der Waals surface area contributed by atoms with E-state index in [0.717, 1.165) is 6.07 Å². The molecule has 0 amide bonds. The van der Waals surface area contributed by atoms with E-state index in [1.165, 1.54) is 30.5 Å². The molecule has 0 aliphatic heterocycles. The Morgan fingerprint density at radius 3 is 2.40 bits per heavy atom. The average molecular weight is 503 g/mol. The number of fused-ring (bicyclic) bond motifs is 1. The van der Waals surface area contributed by atoms with Crippen LogP contribution in [0.1, 0.15) is 11.1 Å². The van der Waals surface area contributed by atoms with Crippen LogP contribution in [-0.4, -0.2) is 31.7 Å². The summed E-state index contributed by atoms with van der Waals surface area (Å²) in [4.78, 5) is 4.02. The van der Waals surface area contributed by atoms with Crippen LogP contribution in [0.3, 0.4) is 0 Å². The number of alkyl halides is 3. The van der Waals surface area contributed by atoms with Gasteiger partial charge < -0.3 is 9.84 Å². The highest BCUT2D eigenvalue weighted by Gasteiger charge is 2.33. The highest BCUT2D eigenvalue weighted by Crippen LogP contribution is 2.39. The molecule has 0 spiro atoms. The van der Waals surface area contributed by atoms with Crippen molar-refractivity contribution in [2.45, 2.75) is 18.0 Å². The molecule has 4 rings (SSSR count). The van der Waals surface area contributed by atoms with Gasteiger partial charge in [0.1, 0.15) is 11.5 Å². The summed E-state index contributed by atoms with van der Waals surface area (Å²) in [5, 5.41) is 9.24. The maximum Gasteiger partial charge on any atom is 0.418 e. The van der Waals surface area contributed by atoms with Gasteiger partial charge in [-0.2, -0.15) is 13.2 Å². The fourth-order valence-corrected chi connectivity index (χ4v) is 4.81. The van der Waals surface area contributed by atoms with Crippen LogP contribution in [0.5, 0.6) is 11.5 Å². The van der Waals surface area contributed by atoms with Gasteiger partial charge in [0, 0.05) is 24.2 Å². The summed E-state index contributed by atoms with van der Waals surface area (Å²) in [6.45, 7) is 1.31. The minimum atomic E-state index is -4.54. The average Bonchev–Trinajstić information content (AvgIpc) is 2.82. The molecule has 1 aromatic heterocycles. The lowest BCUT2D eigenvalue weighted by Crippen LogP contribution is -2.26. The van der Waals surface area contributed by atoms with Crippen molar-refractivity contribution < 1.29 is 31.4 Å². The van der Waals surface area contributed by atoms with Crippen molar-refractivity contribution in [2.24, 2.45) is 0 Å². The van der Waals surface area contributed by atoms with Crippen molar-refractivity contribution >= 4 is 20.9 Å². The van der Waals surface area contributed by atoms with Crippen LogP contribution in [0.4, 0.5) is 13.2 Å². The molecule has 10 heteroatoms. The summed E-state index contributed by atoms with van der Waals surface area (Å²) in [5.41, 5.74) is 0.963. The molecule has 0 aliphatic carbocycles. The first-order valence-electron chi connectivity index (χ1n) is 10.5. The van der Waals surface area contributed by atoms with Crippen LogP contribution in [0.2, 0.25) is 0 Å². The third kappa shape index (κ3) is 5.29.